The lowest BCUT2D eigenvalue weighted by molar-refractivity contribution is -0.145. The Morgan fingerprint density at radius 2 is 1.85 bits per heavy atom. The lowest BCUT2D eigenvalue weighted by Crippen LogP contribution is -2.44. The summed E-state index contributed by atoms with van der Waals surface area (Å²) in [6.45, 7) is 11.0. The van der Waals surface area contributed by atoms with Crippen LogP contribution in [0, 0.1) is 29.1 Å². The van der Waals surface area contributed by atoms with Gasteiger partial charge in [-0.15, -0.1) is 0 Å². The Bertz CT molecular complexity index is 759. The number of ketones is 2. The number of ether oxygens (including phenoxy) is 1. The van der Waals surface area contributed by atoms with Crippen LogP contribution in [0.2, 0.25) is 0 Å². The number of aliphatic hydroxyl groups is 1. The predicted molar refractivity (Wildman–Crippen MR) is 101 cm³/mol. The third kappa shape index (κ3) is 3.20. The smallest absolute Gasteiger partial charge is 0.303 e. The maximum atomic E-state index is 13.1. The minimum atomic E-state index is -1.72. The highest BCUT2D eigenvalue weighted by Crippen LogP contribution is 2.62. The summed E-state index contributed by atoms with van der Waals surface area (Å²) in [6, 6.07) is 0. The predicted octanol–water partition coefficient (Wildman–Crippen LogP) is 3.01. The lowest BCUT2D eigenvalue weighted by atomic mass is 9.81. The third-order valence-electron chi connectivity index (χ3n) is 6.96. The SMILES string of the molecule is CC(=O)OC1CC2C(C=C(C)C(=O)C3(O)CC(C)C(=O)C3C=C1C)C2(C)C. The quantitative estimate of drug-likeness (QED) is 0.564. The van der Waals surface area contributed by atoms with Crippen molar-refractivity contribution in [2.45, 2.75) is 66.1 Å². The Labute approximate surface area is 160 Å². The van der Waals surface area contributed by atoms with E-state index < -0.39 is 17.6 Å². The van der Waals surface area contributed by atoms with E-state index in [0.717, 1.165) is 5.57 Å². The fourth-order valence-electron chi connectivity index (χ4n) is 5.07. The number of fused-ring (bicyclic) bond motifs is 2. The highest BCUT2D eigenvalue weighted by atomic mass is 16.5. The first-order valence-corrected chi connectivity index (χ1v) is 9.74. The van der Waals surface area contributed by atoms with Crippen LogP contribution in [0.4, 0.5) is 0 Å². The van der Waals surface area contributed by atoms with Crippen LogP contribution >= 0.6 is 0 Å². The van der Waals surface area contributed by atoms with Gasteiger partial charge < -0.3 is 9.84 Å². The van der Waals surface area contributed by atoms with E-state index in [1.54, 1.807) is 19.9 Å². The second-order valence-electron chi connectivity index (χ2n) is 9.29. The molecule has 0 radical (unpaired) electrons. The topological polar surface area (TPSA) is 80.7 Å². The van der Waals surface area contributed by atoms with Crippen LogP contribution in [0.3, 0.4) is 0 Å². The van der Waals surface area contributed by atoms with Crippen LogP contribution in [0.1, 0.15) is 54.4 Å². The summed E-state index contributed by atoms with van der Waals surface area (Å²) in [6.07, 6.45) is 3.93. The molecule has 3 rings (SSSR count). The molecule has 148 valence electrons. The van der Waals surface area contributed by atoms with E-state index in [9.17, 15) is 19.5 Å². The molecule has 0 saturated heterocycles. The molecule has 0 aromatic rings. The van der Waals surface area contributed by atoms with Crippen LogP contribution < -0.4 is 0 Å². The summed E-state index contributed by atoms with van der Waals surface area (Å²) >= 11 is 0. The Morgan fingerprint density at radius 3 is 2.44 bits per heavy atom. The fourth-order valence-corrected chi connectivity index (χ4v) is 5.07. The van der Waals surface area contributed by atoms with Gasteiger partial charge in [-0.2, -0.15) is 0 Å². The van der Waals surface area contributed by atoms with E-state index >= 15 is 0 Å². The number of allylic oxidation sites excluding steroid dienone is 1. The van der Waals surface area contributed by atoms with E-state index in [-0.39, 0.29) is 47.1 Å². The van der Waals surface area contributed by atoms with Gasteiger partial charge in [-0.1, -0.05) is 32.9 Å². The van der Waals surface area contributed by atoms with Crippen molar-refractivity contribution in [3.63, 3.8) is 0 Å². The van der Waals surface area contributed by atoms with Gasteiger partial charge in [0, 0.05) is 12.8 Å². The van der Waals surface area contributed by atoms with E-state index in [0.29, 0.717) is 12.0 Å². The molecule has 0 aliphatic heterocycles. The zero-order valence-electron chi connectivity index (χ0n) is 17.0. The average Bonchev–Trinajstić information content (AvgIpc) is 2.98. The summed E-state index contributed by atoms with van der Waals surface area (Å²) in [5.74, 6) is -1.70. The molecule has 5 heteroatoms. The van der Waals surface area contributed by atoms with Crippen LogP contribution in [-0.2, 0) is 19.1 Å². The van der Waals surface area contributed by atoms with Crippen LogP contribution in [0.5, 0.6) is 0 Å². The molecule has 6 atom stereocenters. The van der Waals surface area contributed by atoms with Gasteiger partial charge in [0.25, 0.3) is 0 Å². The van der Waals surface area contributed by atoms with Gasteiger partial charge in [-0.3, -0.25) is 14.4 Å². The Hall–Kier alpha value is -1.75. The van der Waals surface area contributed by atoms with Gasteiger partial charge in [0.05, 0.1) is 5.92 Å². The molecule has 6 unspecified atom stereocenters. The van der Waals surface area contributed by atoms with E-state index in [4.69, 9.17) is 4.74 Å². The highest BCUT2D eigenvalue weighted by molar-refractivity contribution is 6.07. The number of carbonyl (C=O) groups is 3. The van der Waals surface area contributed by atoms with Crippen LogP contribution in [-0.4, -0.2) is 34.3 Å². The van der Waals surface area contributed by atoms with Crippen molar-refractivity contribution in [2.24, 2.45) is 29.1 Å². The second kappa shape index (κ2) is 6.40. The summed E-state index contributed by atoms with van der Waals surface area (Å²) < 4.78 is 5.56. The van der Waals surface area contributed by atoms with Crippen molar-refractivity contribution in [2.75, 3.05) is 0 Å². The summed E-state index contributed by atoms with van der Waals surface area (Å²) in [4.78, 5) is 37.5. The first-order valence-electron chi connectivity index (χ1n) is 9.74. The summed E-state index contributed by atoms with van der Waals surface area (Å²) in [5, 5.41) is 11.3. The molecule has 2 fully saturated rings. The molecule has 1 N–H and O–H groups in total. The lowest BCUT2D eigenvalue weighted by Gasteiger charge is -2.27. The molecule has 0 heterocycles. The Balaban J connectivity index is 2.11. The zero-order valence-corrected chi connectivity index (χ0v) is 17.0. The fraction of sp³-hybridized carbons (Fsp3) is 0.682. The van der Waals surface area contributed by atoms with Gasteiger partial charge in [-0.05, 0) is 55.1 Å². The number of Topliss-reactive ketones (excluding diaryl/α,β-unsaturated/α-hetero) is 2. The molecule has 0 aromatic carbocycles. The maximum absolute atomic E-state index is 13.1. The second-order valence-corrected chi connectivity index (χ2v) is 9.29. The molecule has 0 amide bonds. The number of rotatable bonds is 1. The number of carbonyl (C=O) groups excluding carboxylic acids is 3. The standard InChI is InChI=1S/C22H30O5/c1-11-7-17-19(24)13(3)10-22(17,26)20(25)12(2)8-15-16(21(15,5)6)9-18(11)27-14(4)23/h7-8,13,15-18,26H,9-10H2,1-6H3. The first kappa shape index (κ1) is 20.0. The molecular formula is C22H30O5. The van der Waals surface area contributed by atoms with Gasteiger partial charge in [0.15, 0.2) is 5.78 Å². The molecule has 3 aliphatic rings. The first-order chi connectivity index (χ1) is 12.4. The van der Waals surface area contributed by atoms with Gasteiger partial charge in [-0.25, -0.2) is 0 Å². The molecule has 2 saturated carbocycles. The van der Waals surface area contributed by atoms with Crippen molar-refractivity contribution in [1.29, 1.82) is 0 Å². The molecule has 27 heavy (non-hydrogen) atoms. The maximum Gasteiger partial charge on any atom is 0.303 e. The van der Waals surface area contributed by atoms with Crippen molar-refractivity contribution in [3.05, 3.63) is 23.3 Å². The van der Waals surface area contributed by atoms with E-state index in [1.165, 1.54) is 6.92 Å². The molecule has 3 aliphatic carbocycles. The number of esters is 1. The molecular weight excluding hydrogens is 344 g/mol. The Kier molecular flexibility index (Phi) is 4.74. The van der Waals surface area contributed by atoms with Crippen LogP contribution in [0.25, 0.3) is 0 Å². The molecule has 0 bridgehead atoms. The van der Waals surface area contributed by atoms with Gasteiger partial charge in [0.1, 0.15) is 17.5 Å². The monoisotopic (exact) mass is 374 g/mol. The molecule has 0 aromatic heterocycles. The molecule has 0 spiro atoms. The minimum Gasteiger partial charge on any atom is -0.458 e. The summed E-state index contributed by atoms with van der Waals surface area (Å²) in [5.41, 5.74) is -0.482. The average molecular weight is 374 g/mol. The normalized spacial score (nSPS) is 40.9. The van der Waals surface area contributed by atoms with E-state index in [1.807, 2.05) is 13.0 Å². The highest BCUT2D eigenvalue weighted by Gasteiger charge is 2.59. The van der Waals surface area contributed by atoms with Crippen LogP contribution in [0.15, 0.2) is 23.3 Å². The van der Waals surface area contributed by atoms with Crippen molar-refractivity contribution in [1.82, 2.24) is 0 Å². The number of hydrogen-bond donors (Lipinski definition) is 1. The minimum absolute atomic E-state index is 0.000222. The third-order valence-corrected chi connectivity index (χ3v) is 6.96. The molecule has 5 nitrogen and oxygen atoms in total. The summed E-state index contributed by atoms with van der Waals surface area (Å²) in [7, 11) is 0. The van der Waals surface area contributed by atoms with E-state index in [2.05, 4.69) is 13.8 Å². The van der Waals surface area contributed by atoms with Crippen molar-refractivity contribution in [3.8, 4) is 0 Å². The van der Waals surface area contributed by atoms with Crippen molar-refractivity contribution >= 4 is 17.5 Å². The number of hydrogen-bond acceptors (Lipinski definition) is 5. The Morgan fingerprint density at radius 1 is 1.22 bits per heavy atom. The largest absolute Gasteiger partial charge is 0.458 e. The van der Waals surface area contributed by atoms with Gasteiger partial charge >= 0.3 is 5.97 Å². The van der Waals surface area contributed by atoms with Crippen molar-refractivity contribution < 1.29 is 24.2 Å². The van der Waals surface area contributed by atoms with Gasteiger partial charge in [0.2, 0.25) is 0 Å². The zero-order chi connectivity index (χ0) is 20.3.